The van der Waals surface area contributed by atoms with E-state index in [0.717, 1.165) is 0 Å². The maximum absolute atomic E-state index is 12.8. The lowest BCUT2D eigenvalue weighted by Crippen LogP contribution is -2.58. The molecule has 16 heteroatoms. The highest BCUT2D eigenvalue weighted by Gasteiger charge is 2.31. The minimum absolute atomic E-state index is 0.0866. The van der Waals surface area contributed by atoms with E-state index >= 15 is 0 Å². The molecular formula is C18H30N6O9S. The normalized spacial score (nSPS) is 14.1. The lowest BCUT2D eigenvalue weighted by Gasteiger charge is -2.24. The van der Waals surface area contributed by atoms with Crippen LogP contribution in [-0.2, 0) is 33.6 Å². The van der Waals surface area contributed by atoms with E-state index in [1.807, 2.05) is 0 Å². The second-order valence-electron chi connectivity index (χ2n) is 7.18. The average Bonchev–Trinajstić information content (AvgIpc) is 2.71. The summed E-state index contributed by atoms with van der Waals surface area (Å²) in [6, 6.07) is -5.75. The Morgan fingerprint density at radius 3 is 1.74 bits per heavy atom. The Morgan fingerprint density at radius 1 is 0.765 bits per heavy atom. The molecule has 34 heavy (non-hydrogen) atoms. The van der Waals surface area contributed by atoms with E-state index < -0.39 is 91.3 Å². The first kappa shape index (κ1) is 30.6. The number of aliphatic carboxylic acids is 2. The molecule has 0 aromatic heterocycles. The highest BCUT2D eigenvalue weighted by molar-refractivity contribution is 7.98. The van der Waals surface area contributed by atoms with Gasteiger partial charge < -0.3 is 43.4 Å². The fourth-order valence-corrected chi connectivity index (χ4v) is 3.04. The minimum Gasteiger partial charge on any atom is -0.481 e. The molecule has 192 valence electrons. The fraction of sp³-hybridized carbons (Fsp3) is 0.611. The molecule has 0 rings (SSSR count). The summed E-state index contributed by atoms with van der Waals surface area (Å²) in [5.74, 6) is -7.08. The highest BCUT2D eigenvalue weighted by atomic mass is 32.2. The Kier molecular flexibility index (Phi) is 13.9. The van der Waals surface area contributed by atoms with E-state index in [1.165, 1.54) is 11.8 Å². The maximum Gasteiger partial charge on any atom is 0.326 e. The molecule has 0 aromatic carbocycles. The third-order valence-electron chi connectivity index (χ3n) is 4.30. The number of primary amides is 2. The summed E-state index contributed by atoms with van der Waals surface area (Å²) >= 11 is 1.35. The van der Waals surface area contributed by atoms with Gasteiger partial charge in [0.05, 0.1) is 18.9 Å². The van der Waals surface area contributed by atoms with Crippen molar-refractivity contribution in [2.45, 2.75) is 56.3 Å². The van der Waals surface area contributed by atoms with Crippen molar-refractivity contribution in [2.24, 2.45) is 17.2 Å². The fourth-order valence-electron chi connectivity index (χ4n) is 2.57. The molecule has 0 saturated carbocycles. The van der Waals surface area contributed by atoms with Crippen molar-refractivity contribution >= 4 is 53.2 Å². The Balaban J connectivity index is 5.50. The Hall–Kier alpha value is -3.40. The number of carbonyl (C=O) groups is 7. The van der Waals surface area contributed by atoms with Crippen LogP contribution < -0.4 is 33.2 Å². The molecule has 0 radical (unpaired) electrons. The molecule has 15 nitrogen and oxygen atoms in total. The van der Waals surface area contributed by atoms with Crippen molar-refractivity contribution in [3.8, 4) is 0 Å². The summed E-state index contributed by atoms with van der Waals surface area (Å²) in [5.41, 5.74) is 15.7. The molecule has 0 aromatic rings. The molecule has 0 aliphatic rings. The summed E-state index contributed by atoms with van der Waals surface area (Å²) in [5, 5.41) is 24.6. The van der Waals surface area contributed by atoms with Gasteiger partial charge in [-0.05, 0) is 24.9 Å². The highest BCUT2D eigenvalue weighted by Crippen LogP contribution is 2.05. The zero-order chi connectivity index (χ0) is 26.4. The van der Waals surface area contributed by atoms with Crippen molar-refractivity contribution in [3.05, 3.63) is 0 Å². The molecule has 0 spiro atoms. The summed E-state index contributed by atoms with van der Waals surface area (Å²) in [4.78, 5) is 81.9. The molecule has 4 atom stereocenters. The molecule has 0 aliphatic carbocycles. The van der Waals surface area contributed by atoms with Crippen LogP contribution in [0.2, 0.25) is 0 Å². The van der Waals surface area contributed by atoms with E-state index in [-0.39, 0.29) is 6.42 Å². The van der Waals surface area contributed by atoms with Gasteiger partial charge in [0.15, 0.2) is 0 Å². The van der Waals surface area contributed by atoms with Gasteiger partial charge in [-0.15, -0.1) is 0 Å². The number of nitrogens with one attached hydrogen (secondary N) is 3. The second kappa shape index (κ2) is 15.4. The lowest BCUT2D eigenvalue weighted by atomic mass is 10.1. The summed E-state index contributed by atoms with van der Waals surface area (Å²) < 4.78 is 0. The monoisotopic (exact) mass is 506 g/mol. The third-order valence-corrected chi connectivity index (χ3v) is 4.95. The van der Waals surface area contributed by atoms with Crippen molar-refractivity contribution in [1.29, 1.82) is 0 Å². The topological polar surface area (TPSA) is 274 Å². The number of nitrogens with two attached hydrogens (primary N) is 3. The van der Waals surface area contributed by atoms with E-state index in [4.69, 9.17) is 22.3 Å². The third kappa shape index (κ3) is 12.6. The quantitative estimate of drug-likeness (QED) is 0.0947. The first-order chi connectivity index (χ1) is 15.8. The van der Waals surface area contributed by atoms with Gasteiger partial charge in [0.2, 0.25) is 29.5 Å². The Bertz CT molecular complexity index is 794. The summed E-state index contributed by atoms with van der Waals surface area (Å²) in [6.45, 7) is 0. The predicted molar refractivity (Wildman–Crippen MR) is 119 cm³/mol. The predicted octanol–water partition coefficient (Wildman–Crippen LogP) is -3.78. The van der Waals surface area contributed by atoms with Gasteiger partial charge in [0.25, 0.3) is 0 Å². The molecule has 0 aliphatic heterocycles. The smallest absolute Gasteiger partial charge is 0.326 e. The van der Waals surface area contributed by atoms with E-state index in [1.54, 1.807) is 6.26 Å². The van der Waals surface area contributed by atoms with Crippen LogP contribution in [0.25, 0.3) is 0 Å². The first-order valence-electron chi connectivity index (χ1n) is 9.95. The van der Waals surface area contributed by atoms with Crippen molar-refractivity contribution in [2.75, 3.05) is 12.0 Å². The van der Waals surface area contributed by atoms with Gasteiger partial charge in [0, 0.05) is 6.42 Å². The van der Waals surface area contributed by atoms with Crippen LogP contribution in [0.1, 0.15) is 32.1 Å². The number of amides is 5. The molecular weight excluding hydrogens is 476 g/mol. The van der Waals surface area contributed by atoms with Crippen molar-refractivity contribution in [1.82, 2.24) is 16.0 Å². The number of rotatable bonds is 17. The van der Waals surface area contributed by atoms with Gasteiger partial charge in [0.1, 0.15) is 18.1 Å². The average molecular weight is 507 g/mol. The van der Waals surface area contributed by atoms with Gasteiger partial charge in [-0.25, -0.2) is 4.79 Å². The number of carboxylic acid groups (broad SMARTS) is 2. The Labute approximate surface area is 198 Å². The summed E-state index contributed by atoms with van der Waals surface area (Å²) in [6.07, 6.45) is -0.350. The molecule has 5 amide bonds. The summed E-state index contributed by atoms with van der Waals surface area (Å²) in [7, 11) is 0. The van der Waals surface area contributed by atoms with Crippen LogP contribution >= 0.6 is 11.8 Å². The number of carboxylic acids is 2. The minimum atomic E-state index is -1.61. The lowest BCUT2D eigenvalue weighted by molar-refractivity contribution is -0.143. The van der Waals surface area contributed by atoms with Crippen LogP contribution in [0.4, 0.5) is 0 Å². The zero-order valence-electron chi connectivity index (χ0n) is 18.4. The van der Waals surface area contributed by atoms with E-state index in [2.05, 4.69) is 16.0 Å². The zero-order valence-corrected chi connectivity index (χ0v) is 19.3. The molecule has 0 heterocycles. The second-order valence-corrected chi connectivity index (χ2v) is 8.17. The number of carbonyl (C=O) groups excluding carboxylic acids is 5. The van der Waals surface area contributed by atoms with Gasteiger partial charge >= 0.3 is 11.9 Å². The Morgan fingerprint density at radius 2 is 1.26 bits per heavy atom. The van der Waals surface area contributed by atoms with Crippen LogP contribution in [0, 0.1) is 0 Å². The van der Waals surface area contributed by atoms with Crippen LogP contribution in [0.15, 0.2) is 0 Å². The SMILES string of the molecule is CSCCC(NC(=O)C(N)CC(N)=O)C(=O)NC(CC(N)=O)C(=O)NC(CCC(=O)O)C(=O)O. The van der Waals surface area contributed by atoms with Crippen molar-refractivity contribution in [3.63, 3.8) is 0 Å². The number of hydrogen-bond donors (Lipinski definition) is 8. The first-order valence-corrected chi connectivity index (χ1v) is 11.3. The molecule has 0 fully saturated rings. The molecule has 4 unspecified atom stereocenters. The van der Waals surface area contributed by atoms with Gasteiger partial charge in [-0.2, -0.15) is 11.8 Å². The standard InChI is InChI=1S/C18H30N6O9S/c1-34-5-4-9(22-15(29)8(19)6-12(20)25)16(30)24-11(7-13(21)26)17(31)23-10(18(32)33)2-3-14(27)28/h8-11H,2-7,19H2,1H3,(H2,20,25)(H2,21,26)(H,22,29)(H,23,31)(H,24,30)(H,27,28)(H,32,33). The van der Waals surface area contributed by atoms with E-state index in [9.17, 15) is 38.7 Å². The van der Waals surface area contributed by atoms with E-state index in [0.29, 0.717) is 5.75 Å². The van der Waals surface area contributed by atoms with Gasteiger partial charge in [-0.1, -0.05) is 0 Å². The molecule has 11 N–H and O–H groups in total. The van der Waals surface area contributed by atoms with Crippen molar-refractivity contribution < 1.29 is 43.8 Å². The van der Waals surface area contributed by atoms with Crippen LogP contribution in [-0.4, -0.2) is 87.9 Å². The molecule has 0 bridgehead atoms. The van der Waals surface area contributed by atoms with Crippen LogP contribution in [0.5, 0.6) is 0 Å². The number of thioether (sulfide) groups is 1. The van der Waals surface area contributed by atoms with Crippen LogP contribution in [0.3, 0.4) is 0 Å². The largest absolute Gasteiger partial charge is 0.481 e. The number of hydrogen-bond acceptors (Lipinski definition) is 9. The molecule has 0 saturated heterocycles. The maximum atomic E-state index is 12.8. The van der Waals surface area contributed by atoms with Gasteiger partial charge in [-0.3, -0.25) is 28.8 Å².